The quantitative estimate of drug-likeness (QED) is 0.124. The summed E-state index contributed by atoms with van der Waals surface area (Å²) < 4.78 is 39.7. The van der Waals surface area contributed by atoms with E-state index in [1.807, 2.05) is 39.8 Å². The third-order valence-electron chi connectivity index (χ3n) is 8.30. The number of aryl methyl sites for hydroxylation is 1. The maximum absolute atomic E-state index is 14.1. The molecule has 2 atom stereocenters. The number of ether oxygens (including phenoxy) is 1. The molecule has 0 saturated carbocycles. The number of carbonyl (C=O) groups excluding carboxylic acids is 2. The number of rotatable bonds is 16. The lowest BCUT2D eigenvalue weighted by atomic mass is 9.91. The molecule has 0 aliphatic carbocycles. The van der Waals surface area contributed by atoms with Gasteiger partial charge in [-0.15, -0.1) is 0 Å². The van der Waals surface area contributed by atoms with Crippen molar-refractivity contribution in [2.24, 2.45) is 5.73 Å². The molecular weight excluding hydrogens is 614 g/mol. The van der Waals surface area contributed by atoms with Crippen molar-refractivity contribution < 1.29 is 27.5 Å². The van der Waals surface area contributed by atoms with Crippen molar-refractivity contribution in [3.05, 3.63) is 113 Å². The number of amides is 1. The van der Waals surface area contributed by atoms with Crippen LogP contribution in [-0.2, 0) is 23.1 Å². The van der Waals surface area contributed by atoms with E-state index in [-0.39, 0.29) is 30.3 Å². The van der Waals surface area contributed by atoms with Gasteiger partial charge in [0.15, 0.2) is 0 Å². The highest BCUT2D eigenvalue weighted by molar-refractivity contribution is 5.99. The Morgan fingerprint density at radius 3 is 2.27 bits per heavy atom. The number of nitrogens with two attached hydrogens (primary N) is 1. The molecule has 1 aromatic heterocycles. The van der Waals surface area contributed by atoms with Crippen LogP contribution in [0.3, 0.4) is 0 Å². The lowest BCUT2D eigenvalue weighted by Crippen LogP contribution is -2.50. The van der Waals surface area contributed by atoms with E-state index in [0.717, 1.165) is 30.9 Å². The second-order valence-electron chi connectivity index (χ2n) is 12.6. The van der Waals surface area contributed by atoms with Gasteiger partial charge in [0.2, 0.25) is 5.89 Å². The van der Waals surface area contributed by atoms with Crippen molar-refractivity contribution in [3.8, 4) is 11.5 Å². The van der Waals surface area contributed by atoms with Crippen LogP contribution in [0.2, 0.25) is 0 Å². The van der Waals surface area contributed by atoms with Crippen LogP contribution in [-0.4, -0.2) is 53.5 Å². The van der Waals surface area contributed by atoms with Gasteiger partial charge in [-0.3, -0.25) is 4.79 Å². The number of nitrogens with zero attached hydrogens (tertiary/aromatic N) is 2. The first-order valence-corrected chi connectivity index (χ1v) is 16.5. The summed E-state index contributed by atoms with van der Waals surface area (Å²) in [6.45, 7) is 11.4. The minimum absolute atomic E-state index is 0.0448. The topological polar surface area (TPSA) is 111 Å². The summed E-state index contributed by atoms with van der Waals surface area (Å²) in [4.78, 5) is 33.5. The SMILES string of the molecule is CCCN(CCC)C(=O)c1cc(C(=O)O[C@H](CNC(C)(C)c2cccc(CC)c2)[C@@H](N)Cc2cc(F)cc(F)c2)cc(-c2ncco2)c1. The lowest BCUT2D eigenvalue weighted by Gasteiger charge is -2.32. The van der Waals surface area contributed by atoms with E-state index in [0.29, 0.717) is 29.8 Å². The Bertz CT molecular complexity index is 1650. The molecule has 0 saturated heterocycles. The Labute approximate surface area is 281 Å². The Morgan fingerprint density at radius 2 is 1.65 bits per heavy atom. The molecule has 1 amide bonds. The number of halogens is 2. The van der Waals surface area contributed by atoms with E-state index in [4.69, 9.17) is 14.9 Å². The van der Waals surface area contributed by atoms with Gasteiger partial charge in [0.1, 0.15) is 24.0 Å². The van der Waals surface area contributed by atoms with E-state index in [9.17, 15) is 18.4 Å². The fraction of sp³-hybridized carbons (Fsp3) is 0.395. The second-order valence-corrected chi connectivity index (χ2v) is 12.6. The van der Waals surface area contributed by atoms with Crippen LogP contribution in [0.4, 0.5) is 8.78 Å². The number of hydrogen-bond donors (Lipinski definition) is 2. The first-order valence-electron chi connectivity index (χ1n) is 16.5. The molecule has 0 radical (unpaired) electrons. The van der Waals surface area contributed by atoms with Crippen molar-refractivity contribution in [2.45, 2.75) is 78.0 Å². The summed E-state index contributed by atoms with van der Waals surface area (Å²) in [5.74, 6) is -2.13. The van der Waals surface area contributed by atoms with Crippen molar-refractivity contribution in [1.29, 1.82) is 0 Å². The third kappa shape index (κ3) is 9.58. The van der Waals surface area contributed by atoms with Crippen molar-refractivity contribution >= 4 is 11.9 Å². The van der Waals surface area contributed by atoms with Gasteiger partial charge < -0.3 is 25.1 Å². The molecule has 4 aromatic rings. The van der Waals surface area contributed by atoms with E-state index in [1.54, 1.807) is 17.0 Å². The average Bonchev–Trinajstić information content (AvgIpc) is 3.61. The molecule has 0 aliphatic rings. The minimum Gasteiger partial charge on any atom is -0.456 e. The Kier molecular flexibility index (Phi) is 12.6. The fourth-order valence-corrected chi connectivity index (χ4v) is 5.65. The van der Waals surface area contributed by atoms with Crippen LogP contribution in [0.5, 0.6) is 0 Å². The predicted octanol–water partition coefficient (Wildman–Crippen LogP) is 7.06. The molecule has 256 valence electrons. The Hall–Kier alpha value is -4.41. The Morgan fingerprint density at radius 1 is 0.958 bits per heavy atom. The molecule has 0 unspecified atom stereocenters. The zero-order valence-electron chi connectivity index (χ0n) is 28.4. The number of oxazole rings is 1. The zero-order chi connectivity index (χ0) is 34.8. The molecule has 0 fully saturated rings. The van der Waals surface area contributed by atoms with E-state index < -0.39 is 35.3 Å². The first kappa shape index (κ1) is 36.4. The molecule has 3 aromatic carbocycles. The maximum Gasteiger partial charge on any atom is 0.338 e. The van der Waals surface area contributed by atoms with E-state index in [1.165, 1.54) is 36.2 Å². The van der Waals surface area contributed by atoms with Gasteiger partial charge in [-0.05, 0) is 86.6 Å². The molecule has 48 heavy (non-hydrogen) atoms. The summed E-state index contributed by atoms with van der Waals surface area (Å²) >= 11 is 0. The molecule has 10 heteroatoms. The summed E-state index contributed by atoms with van der Waals surface area (Å²) in [7, 11) is 0. The zero-order valence-corrected chi connectivity index (χ0v) is 28.4. The van der Waals surface area contributed by atoms with Crippen LogP contribution in [0, 0.1) is 11.6 Å². The van der Waals surface area contributed by atoms with Gasteiger partial charge in [0, 0.05) is 48.4 Å². The lowest BCUT2D eigenvalue weighted by molar-refractivity contribution is 0.0220. The number of carbonyl (C=O) groups is 2. The Balaban J connectivity index is 1.66. The van der Waals surface area contributed by atoms with Gasteiger partial charge in [0.05, 0.1) is 11.8 Å². The molecule has 0 bridgehead atoms. The van der Waals surface area contributed by atoms with E-state index in [2.05, 4.69) is 29.4 Å². The van der Waals surface area contributed by atoms with Crippen molar-refractivity contribution in [3.63, 3.8) is 0 Å². The molecule has 0 spiro atoms. The normalized spacial score (nSPS) is 12.8. The molecule has 8 nitrogen and oxygen atoms in total. The number of aromatic nitrogens is 1. The number of benzene rings is 3. The van der Waals surface area contributed by atoms with E-state index >= 15 is 0 Å². The number of esters is 1. The summed E-state index contributed by atoms with van der Waals surface area (Å²) in [5.41, 5.74) is 9.51. The van der Waals surface area contributed by atoms with Crippen molar-refractivity contribution in [1.82, 2.24) is 15.2 Å². The molecule has 3 N–H and O–H groups in total. The van der Waals surface area contributed by atoms with Gasteiger partial charge in [-0.25, -0.2) is 18.6 Å². The van der Waals surface area contributed by atoms with Crippen molar-refractivity contribution in [2.75, 3.05) is 19.6 Å². The summed E-state index contributed by atoms with van der Waals surface area (Å²) in [6, 6.07) is 15.3. The average molecular weight is 661 g/mol. The largest absolute Gasteiger partial charge is 0.456 e. The van der Waals surface area contributed by atoms with Gasteiger partial charge >= 0.3 is 5.97 Å². The highest BCUT2D eigenvalue weighted by Gasteiger charge is 2.29. The van der Waals surface area contributed by atoms with Gasteiger partial charge in [0.25, 0.3) is 5.91 Å². The van der Waals surface area contributed by atoms with Gasteiger partial charge in [-0.1, -0.05) is 45.0 Å². The number of hydrogen-bond acceptors (Lipinski definition) is 7. The number of nitrogens with one attached hydrogen (secondary N) is 1. The standard InChI is InChI=1S/C38H46F2N4O4/c1-6-13-44(14-7-2)36(45)28-20-27(35-42-12-15-47-35)21-29(22-28)37(46)48-34(33(41)19-26-17-31(39)23-32(40)18-26)24-43-38(4,5)30-11-9-10-25(8-3)16-30/h9-12,15-18,20-23,33-34,43H,6-8,13-14,19,24,41H2,1-5H3/t33-,34+/m0/s1. The van der Waals surface area contributed by atoms with Crippen LogP contribution in [0.1, 0.15) is 84.9 Å². The molecule has 1 heterocycles. The molecule has 4 rings (SSSR count). The van der Waals surface area contributed by atoms with Crippen LogP contribution in [0.25, 0.3) is 11.5 Å². The monoisotopic (exact) mass is 660 g/mol. The summed E-state index contributed by atoms with van der Waals surface area (Å²) in [6.07, 6.45) is 4.46. The highest BCUT2D eigenvalue weighted by atomic mass is 19.1. The fourth-order valence-electron chi connectivity index (χ4n) is 5.65. The molecular formula is C38H46F2N4O4. The minimum atomic E-state index is -0.918. The smallest absolute Gasteiger partial charge is 0.338 e. The third-order valence-corrected chi connectivity index (χ3v) is 8.30. The molecule has 0 aliphatic heterocycles. The second kappa shape index (κ2) is 16.6. The van der Waals surface area contributed by atoms with Gasteiger partial charge in [-0.2, -0.15) is 0 Å². The van der Waals surface area contributed by atoms with Crippen LogP contribution >= 0.6 is 0 Å². The van der Waals surface area contributed by atoms with Crippen LogP contribution < -0.4 is 11.1 Å². The predicted molar refractivity (Wildman–Crippen MR) is 183 cm³/mol. The highest BCUT2D eigenvalue weighted by Crippen LogP contribution is 2.25. The summed E-state index contributed by atoms with van der Waals surface area (Å²) in [5, 5.41) is 3.49. The first-order chi connectivity index (χ1) is 22.9. The maximum atomic E-state index is 14.1. The van der Waals surface area contributed by atoms with Crippen LogP contribution in [0.15, 0.2) is 77.5 Å².